The van der Waals surface area contributed by atoms with E-state index in [9.17, 15) is 9.18 Å². The molecule has 3 aromatic carbocycles. The number of halogens is 2. The molecule has 4 nitrogen and oxygen atoms in total. The van der Waals surface area contributed by atoms with Crippen molar-refractivity contribution in [3.63, 3.8) is 0 Å². The number of anilines is 1. The highest BCUT2D eigenvalue weighted by Crippen LogP contribution is 2.29. The summed E-state index contributed by atoms with van der Waals surface area (Å²) in [5, 5.41) is 6.19. The number of hydrogen-bond acceptors (Lipinski definition) is 3. The molecule has 0 spiro atoms. The van der Waals surface area contributed by atoms with Crippen molar-refractivity contribution >= 4 is 35.0 Å². The zero-order valence-corrected chi connectivity index (χ0v) is 16.9. The summed E-state index contributed by atoms with van der Waals surface area (Å²) < 4.78 is 18.7. The lowest BCUT2D eigenvalue weighted by Crippen LogP contribution is -2.21. The molecule has 0 aromatic heterocycles. The smallest absolute Gasteiger partial charge is 0.280 e. The maximum Gasteiger partial charge on any atom is 0.280 e. The molecule has 1 aliphatic rings. The molecule has 0 aliphatic carbocycles. The van der Waals surface area contributed by atoms with Gasteiger partial charge in [0.25, 0.3) is 5.91 Å². The zero-order valence-electron chi connectivity index (χ0n) is 16.2. The van der Waals surface area contributed by atoms with E-state index in [2.05, 4.69) is 5.10 Å². The lowest BCUT2D eigenvalue weighted by molar-refractivity contribution is -0.114. The topological polar surface area (TPSA) is 41.9 Å². The Hall–Kier alpha value is -3.44. The van der Waals surface area contributed by atoms with E-state index in [1.165, 1.54) is 17.1 Å². The van der Waals surface area contributed by atoms with Gasteiger partial charge in [-0.25, -0.2) is 4.39 Å². The van der Waals surface area contributed by atoms with Crippen molar-refractivity contribution in [3.8, 4) is 5.75 Å². The number of hydrogen-bond donors (Lipinski definition) is 0. The molecule has 0 unspecified atom stereocenters. The highest BCUT2D eigenvalue weighted by molar-refractivity contribution is 6.33. The fourth-order valence-electron chi connectivity index (χ4n) is 3.06. The van der Waals surface area contributed by atoms with Crippen molar-refractivity contribution in [1.82, 2.24) is 0 Å². The molecule has 0 bridgehead atoms. The summed E-state index contributed by atoms with van der Waals surface area (Å²) in [6.45, 7) is 2.07. The Bertz CT molecular complexity index is 1140. The second-order valence-electron chi connectivity index (χ2n) is 6.80. The monoisotopic (exact) mass is 420 g/mol. The maximum atomic E-state index is 13.0. The van der Waals surface area contributed by atoms with Crippen molar-refractivity contribution < 1.29 is 13.9 Å². The molecular weight excluding hydrogens is 403 g/mol. The van der Waals surface area contributed by atoms with E-state index in [0.717, 1.165) is 11.1 Å². The minimum absolute atomic E-state index is 0.188. The second kappa shape index (κ2) is 8.51. The van der Waals surface area contributed by atoms with Gasteiger partial charge in [0.1, 0.15) is 18.2 Å². The van der Waals surface area contributed by atoms with Crippen LogP contribution in [0.5, 0.6) is 5.75 Å². The van der Waals surface area contributed by atoms with Crippen molar-refractivity contribution in [2.24, 2.45) is 5.10 Å². The normalized spacial score (nSPS) is 14.9. The first-order valence-corrected chi connectivity index (χ1v) is 9.72. The lowest BCUT2D eigenvalue weighted by atomic mass is 10.1. The molecule has 0 saturated carbocycles. The van der Waals surface area contributed by atoms with Crippen LogP contribution in [0.2, 0.25) is 5.02 Å². The van der Waals surface area contributed by atoms with Crippen molar-refractivity contribution in [3.05, 3.63) is 100 Å². The Morgan fingerprint density at radius 2 is 1.80 bits per heavy atom. The van der Waals surface area contributed by atoms with Crippen molar-refractivity contribution in [2.45, 2.75) is 13.5 Å². The average molecular weight is 421 g/mol. The summed E-state index contributed by atoms with van der Waals surface area (Å²) in [5.74, 6) is 0.0314. The predicted octanol–water partition coefficient (Wildman–Crippen LogP) is 5.86. The molecule has 1 amide bonds. The van der Waals surface area contributed by atoms with Crippen LogP contribution < -0.4 is 9.75 Å². The number of para-hydroxylation sites is 1. The molecule has 1 heterocycles. The van der Waals surface area contributed by atoms with E-state index in [0.29, 0.717) is 27.7 Å². The highest BCUT2D eigenvalue weighted by Gasteiger charge is 2.28. The number of carbonyl (C=O) groups is 1. The van der Waals surface area contributed by atoms with Crippen LogP contribution in [0.3, 0.4) is 0 Å². The van der Waals surface area contributed by atoms with E-state index in [-0.39, 0.29) is 18.3 Å². The number of benzene rings is 3. The first kappa shape index (κ1) is 19.9. The van der Waals surface area contributed by atoms with Gasteiger partial charge >= 0.3 is 0 Å². The van der Waals surface area contributed by atoms with Gasteiger partial charge in [-0.15, -0.1) is 0 Å². The largest absolute Gasteiger partial charge is 0.487 e. The molecule has 0 saturated heterocycles. The molecule has 0 atom stereocenters. The highest BCUT2D eigenvalue weighted by atomic mass is 35.5. The molecule has 150 valence electrons. The maximum absolute atomic E-state index is 13.0. The lowest BCUT2D eigenvalue weighted by Gasteiger charge is -2.11. The van der Waals surface area contributed by atoms with Crippen LogP contribution >= 0.6 is 11.6 Å². The number of hydrazone groups is 1. The third-order valence-electron chi connectivity index (χ3n) is 4.64. The van der Waals surface area contributed by atoms with Crippen molar-refractivity contribution in [2.75, 3.05) is 5.01 Å². The number of ether oxygens (including phenoxy) is 1. The number of carbonyl (C=O) groups excluding carboxylic acids is 1. The van der Waals surface area contributed by atoms with Crippen LogP contribution in [0.15, 0.2) is 83.5 Å². The minimum atomic E-state index is -0.291. The Labute approximate surface area is 178 Å². The quantitative estimate of drug-likeness (QED) is 0.485. The summed E-state index contributed by atoms with van der Waals surface area (Å²) in [4.78, 5) is 12.8. The van der Waals surface area contributed by atoms with Gasteiger partial charge in [0.05, 0.1) is 22.0 Å². The van der Waals surface area contributed by atoms with E-state index < -0.39 is 0 Å². The van der Waals surface area contributed by atoms with Crippen LogP contribution in [0.1, 0.15) is 18.1 Å². The van der Waals surface area contributed by atoms with Crippen LogP contribution in [-0.4, -0.2) is 11.6 Å². The Balaban J connectivity index is 1.50. The van der Waals surface area contributed by atoms with Gasteiger partial charge in [-0.05, 0) is 60.5 Å². The summed E-state index contributed by atoms with van der Waals surface area (Å²) in [6.07, 6.45) is 1.76. The molecule has 4 rings (SSSR count). The molecule has 0 radical (unpaired) electrons. The van der Waals surface area contributed by atoms with Gasteiger partial charge in [-0.3, -0.25) is 4.79 Å². The zero-order chi connectivity index (χ0) is 21.1. The average Bonchev–Trinajstić information content (AvgIpc) is 3.03. The Kier molecular flexibility index (Phi) is 5.63. The SMILES string of the molecule is CC1=NN(c2ccccc2)C(=O)/C1=C/c1ccc(OCc2ccc(F)cc2)c(Cl)c1. The van der Waals surface area contributed by atoms with Crippen molar-refractivity contribution in [1.29, 1.82) is 0 Å². The third kappa shape index (κ3) is 4.26. The van der Waals surface area contributed by atoms with E-state index >= 15 is 0 Å². The Morgan fingerprint density at radius 3 is 2.50 bits per heavy atom. The van der Waals surface area contributed by atoms with Crippen LogP contribution in [0.4, 0.5) is 10.1 Å². The molecule has 0 N–H and O–H groups in total. The van der Waals surface area contributed by atoms with E-state index in [1.54, 1.807) is 37.3 Å². The van der Waals surface area contributed by atoms with Gasteiger partial charge in [-0.2, -0.15) is 10.1 Å². The first-order valence-electron chi connectivity index (χ1n) is 9.35. The summed E-state index contributed by atoms with van der Waals surface area (Å²) >= 11 is 6.36. The molecule has 6 heteroatoms. The van der Waals surface area contributed by atoms with Crippen LogP contribution in [0, 0.1) is 5.82 Å². The van der Waals surface area contributed by atoms with Gasteiger partial charge in [0.2, 0.25) is 0 Å². The summed E-state index contributed by atoms with van der Waals surface area (Å²) in [6, 6.07) is 20.7. The van der Waals surface area contributed by atoms with Crippen LogP contribution in [-0.2, 0) is 11.4 Å². The van der Waals surface area contributed by atoms with E-state index in [1.807, 2.05) is 36.4 Å². The third-order valence-corrected chi connectivity index (χ3v) is 4.93. The first-order chi connectivity index (χ1) is 14.5. The molecule has 1 aliphatic heterocycles. The van der Waals surface area contributed by atoms with Gasteiger partial charge in [-0.1, -0.05) is 48.0 Å². The molecular formula is C24H18ClFN2O2. The second-order valence-corrected chi connectivity index (χ2v) is 7.21. The number of amides is 1. The standard InChI is InChI=1S/C24H18ClFN2O2/c1-16-21(24(29)28(27-16)20-5-3-2-4-6-20)13-18-9-12-23(22(25)14-18)30-15-17-7-10-19(26)11-8-17/h2-14H,15H2,1H3/b21-13+. The Morgan fingerprint density at radius 1 is 1.07 bits per heavy atom. The summed E-state index contributed by atoms with van der Waals surface area (Å²) in [7, 11) is 0. The van der Waals surface area contributed by atoms with Crippen LogP contribution in [0.25, 0.3) is 6.08 Å². The van der Waals surface area contributed by atoms with Gasteiger partial charge in [0.15, 0.2) is 0 Å². The molecule has 3 aromatic rings. The predicted molar refractivity (Wildman–Crippen MR) is 117 cm³/mol. The van der Waals surface area contributed by atoms with Gasteiger partial charge < -0.3 is 4.74 Å². The van der Waals surface area contributed by atoms with E-state index in [4.69, 9.17) is 16.3 Å². The van der Waals surface area contributed by atoms with Gasteiger partial charge in [0, 0.05) is 0 Å². The fraction of sp³-hybridized carbons (Fsp3) is 0.0833. The molecule has 30 heavy (non-hydrogen) atoms. The molecule has 0 fully saturated rings. The minimum Gasteiger partial charge on any atom is -0.487 e. The number of nitrogens with zero attached hydrogens (tertiary/aromatic N) is 2. The number of rotatable bonds is 5. The summed E-state index contributed by atoms with van der Waals surface area (Å²) in [5.41, 5.74) is 3.46. The fourth-order valence-corrected chi connectivity index (χ4v) is 3.30.